The molecule has 0 radical (unpaired) electrons. The van der Waals surface area contributed by atoms with Crippen molar-refractivity contribution in [2.24, 2.45) is 0 Å². The average Bonchev–Trinajstić information content (AvgIpc) is 2.98. The molecule has 1 atom stereocenters. The first-order valence-electron chi connectivity index (χ1n) is 9.96. The second-order valence-electron chi connectivity index (χ2n) is 7.42. The Hall–Kier alpha value is -2.78. The minimum atomic E-state index is -0.972. The van der Waals surface area contributed by atoms with E-state index in [1.165, 1.54) is 0 Å². The van der Waals surface area contributed by atoms with E-state index in [0.29, 0.717) is 12.4 Å². The molecule has 29 heavy (non-hydrogen) atoms. The number of fused-ring (bicyclic) bond motifs is 1. The van der Waals surface area contributed by atoms with Crippen LogP contribution < -0.4 is 15.4 Å². The highest BCUT2D eigenvalue weighted by molar-refractivity contribution is 6.24. The van der Waals surface area contributed by atoms with Crippen LogP contribution >= 0.6 is 0 Å². The van der Waals surface area contributed by atoms with Gasteiger partial charge in [0.15, 0.2) is 0 Å². The van der Waals surface area contributed by atoms with Crippen molar-refractivity contribution in [1.82, 2.24) is 20.4 Å². The van der Waals surface area contributed by atoms with Crippen molar-refractivity contribution < 1.29 is 23.9 Å². The summed E-state index contributed by atoms with van der Waals surface area (Å²) in [5.41, 5.74) is 0.434. The first kappa shape index (κ1) is 19.5. The molecule has 0 aromatic heterocycles. The molecule has 0 bridgehead atoms. The van der Waals surface area contributed by atoms with Gasteiger partial charge in [0.2, 0.25) is 11.8 Å². The zero-order valence-corrected chi connectivity index (χ0v) is 16.1. The van der Waals surface area contributed by atoms with Crippen LogP contribution in [-0.2, 0) is 9.59 Å². The van der Waals surface area contributed by atoms with Crippen molar-refractivity contribution in [3.63, 3.8) is 0 Å². The van der Waals surface area contributed by atoms with Crippen LogP contribution in [0, 0.1) is 0 Å². The molecule has 2 fully saturated rings. The molecular formula is C20H24N4O5. The van der Waals surface area contributed by atoms with Crippen LogP contribution in [0.25, 0.3) is 0 Å². The minimum Gasteiger partial charge on any atom is -0.493 e. The van der Waals surface area contributed by atoms with E-state index in [1.54, 1.807) is 18.2 Å². The number of amides is 4. The van der Waals surface area contributed by atoms with Crippen molar-refractivity contribution in [3.05, 3.63) is 29.3 Å². The van der Waals surface area contributed by atoms with E-state index in [-0.39, 0.29) is 24.0 Å². The number of hydrogen-bond acceptors (Lipinski definition) is 7. The maximum absolute atomic E-state index is 13.0. The molecule has 1 aromatic rings. The highest BCUT2D eigenvalue weighted by atomic mass is 16.5. The molecule has 1 aromatic carbocycles. The topological polar surface area (TPSA) is 108 Å². The van der Waals surface area contributed by atoms with Crippen LogP contribution in [0.1, 0.15) is 40.0 Å². The molecular weight excluding hydrogens is 376 g/mol. The SMILES string of the molecule is O=C1CCC(N2C(=O)c3cccc(OCCCN4CCNCC4)c3C2=O)C(=O)N1. The van der Waals surface area contributed by atoms with Gasteiger partial charge in [-0.15, -0.1) is 0 Å². The van der Waals surface area contributed by atoms with Crippen LogP contribution in [0.2, 0.25) is 0 Å². The van der Waals surface area contributed by atoms with E-state index in [1.807, 2.05) is 0 Å². The van der Waals surface area contributed by atoms with E-state index in [2.05, 4.69) is 15.5 Å². The number of nitrogens with one attached hydrogen (secondary N) is 2. The lowest BCUT2D eigenvalue weighted by Crippen LogP contribution is -2.54. The Balaban J connectivity index is 1.43. The summed E-state index contributed by atoms with van der Waals surface area (Å²) in [6.07, 6.45) is 1.04. The number of carbonyl (C=O) groups is 4. The number of nitrogens with zero attached hydrogens (tertiary/aromatic N) is 2. The lowest BCUT2D eigenvalue weighted by molar-refractivity contribution is -0.136. The Morgan fingerprint density at radius 3 is 2.62 bits per heavy atom. The minimum absolute atomic E-state index is 0.0964. The van der Waals surface area contributed by atoms with Gasteiger partial charge in [-0.1, -0.05) is 6.07 Å². The first-order chi connectivity index (χ1) is 14.1. The molecule has 154 valence electrons. The van der Waals surface area contributed by atoms with Gasteiger partial charge in [-0.2, -0.15) is 0 Å². The monoisotopic (exact) mass is 400 g/mol. The first-order valence-corrected chi connectivity index (χ1v) is 9.96. The summed E-state index contributed by atoms with van der Waals surface area (Å²) in [6, 6.07) is 3.93. The molecule has 0 saturated carbocycles. The summed E-state index contributed by atoms with van der Waals surface area (Å²) in [5, 5.41) is 5.51. The highest BCUT2D eigenvalue weighted by Gasteiger charge is 2.45. The molecule has 4 rings (SSSR count). The second-order valence-corrected chi connectivity index (χ2v) is 7.42. The maximum Gasteiger partial charge on any atom is 0.266 e. The number of piperidine rings is 1. The number of benzene rings is 1. The predicted molar refractivity (Wildman–Crippen MR) is 103 cm³/mol. The van der Waals surface area contributed by atoms with Gasteiger partial charge in [-0.05, 0) is 25.0 Å². The number of piperazine rings is 1. The fourth-order valence-corrected chi connectivity index (χ4v) is 4.01. The summed E-state index contributed by atoms with van der Waals surface area (Å²) in [5.74, 6) is -1.72. The number of imide groups is 2. The fraction of sp³-hybridized carbons (Fsp3) is 0.500. The maximum atomic E-state index is 13.0. The molecule has 4 amide bonds. The molecule has 9 nitrogen and oxygen atoms in total. The fourth-order valence-electron chi connectivity index (χ4n) is 4.01. The van der Waals surface area contributed by atoms with Gasteiger partial charge in [0.25, 0.3) is 11.8 Å². The Morgan fingerprint density at radius 1 is 1.07 bits per heavy atom. The van der Waals surface area contributed by atoms with Crippen molar-refractivity contribution in [2.75, 3.05) is 39.3 Å². The van der Waals surface area contributed by atoms with Crippen molar-refractivity contribution in [3.8, 4) is 5.75 Å². The lowest BCUT2D eigenvalue weighted by Gasteiger charge is -2.27. The number of rotatable bonds is 6. The summed E-state index contributed by atoms with van der Waals surface area (Å²) in [7, 11) is 0. The normalized spacial score (nSPS) is 22.6. The number of hydrogen-bond donors (Lipinski definition) is 2. The van der Waals surface area contributed by atoms with E-state index in [0.717, 1.165) is 44.0 Å². The van der Waals surface area contributed by atoms with Crippen LogP contribution in [-0.4, -0.2) is 78.8 Å². The summed E-state index contributed by atoms with van der Waals surface area (Å²) < 4.78 is 5.84. The summed E-state index contributed by atoms with van der Waals surface area (Å²) in [4.78, 5) is 52.6. The van der Waals surface area contributed by atoms with Gasteiger partial charge >= 0.3 is 0 Å². The Bertz CT molecular complexity index is 849. The Labute approximate surface area is 168 Å². The Kier molecular flexibility index (Phi) is 5.59. The largest absolute Gasteiger partial charge is 0.493 e. The molecule has 0 aliphatic carbocycles. The number of carbonyl (C=O) groups excluding carboxylic acids is 4. The van der Waals surface area contributed by atoms with Gasteiger partial charge < -0.3 is 15.0 Å². The molecule has 3 aliphatic heterocycles. The molecule has 3 aliphatic rings. The second kappa shape index (κ2) is 8.30. The van der Waals surface area contributed by atoms with Gasteiger partial charge in [0.1, 0.15) is 11.8 Å². The lowest BCUT2D eigenvalue weighted by atomic mass is 10.0. The quantitative estimate of drug-likeness (QED) is 0.501. The van der Waals surface area contributed by atoms with E-state index in [9.17, 15) is 19.2 Å². The predicted octanol–water partition coefficient (Wildman–Crippen LogP) is -0.238. The molecule has 0 spiro atoms. The molecule has 2 N–H and O–H groups in total. The molecule has 3 heterocycles. The standard InChI is InChI=1S/C20H24N4O5/c25-16-6-5-14(18(26)22-16)24-19(27)13-3-1-4-15(17(13)20(24)28)29-12-2-9-23-10-7-21-8-11-23/h1,3-4,14,21H,2,5-12H2,(H,22,25,26). The van der Waals surface area contributed by atoms with Crippen LogP contribution in [0.5, 0.6) is 5.75 Å². The Morgan fingerprint density at radius 2 is 1.86 bits per heavy atom. The highest BCUT2D eigenvalue weighted by Crippen LogP contribution is 2.33. The van der Waals surface area contributed by atoms with Gasteiger partial charge in [-0.3, -0.25) is 29.4 Å². The third kappa shape index (κ3) is 3.88. The van der Waals surface area contributed by atoms with Crippen molar-refractivity contribution in [2.45, 2.75) is 25.3 Å². The average molecular weight is 400 g/mol. The van der Waals surface area contributed by atoms with E-state index in [4.69, 9.17) is 4.74 Å². The van der Waals surface area contributed by atoms with Gasteiger partial charge in [-0.25, -0.2) is 0 Å². The van der Waals surface area contributed by atoms with Gasteiger partial charge in [0.05, 0.1) is 17.7 Å². The van der Waals surface area contributed by atoms with Crippen LogP contribution in [0.3, 0.4) is 0 Å². The van der Waals surface area contributed by atoms with Crippen molar-refractivity contribution >= 4 is 23.6 Å². The van der Waals surface area contributed by atoms with Gasteiger partial charge in [0, 0.05) is 39.1 Å². The van der Waals surface area contributed by atoms with E-state index < -0.39 is 29.7 Å². The molecule has 1 unspecified atom stereocenters. The third-order valence-corrected chi connectivity index (χ3v) is 5.52. The zero-order valence-electron chi connectivity index (χ0n) is 16.1. The van der Waals surface area contributed by atoms with Crippen LogP contribution in [0.15, 0.2) is 18.2 Å². The zero-order chi connectivity index (χ0) is 20.4. The summed E-state index contributed by atoms with van der Waals surface area (Å²) >= 11 is 0. The summed E-state index contributed by atoms with van der Waals surface area (Å²) in [6.45, 7) is 5.33. The third-order valence-electron chi connectivity index (χ3n) is 5.52. The van der Waals surface area contributed by atoms with Crippen molar-refractivity contribution in [1.29, 1.82) is 0 Å². The smallest absolute Gasteiger partial charge is 0.266 e. The van der Waals surface area contributed by atoms with E-state index >= 15 is 0 Å². The number of ether oxygens (including phenoxy) is 1. The van der Waals surface area contributed by atoms with Crippen LogP contribution in [0.4, 0.5) is 0 Å². The molecule has 2 saturated heterocycles. The molecule has 9 heteroatoms.